The van der Waals surface area contributed by atoms with Gasteiger partial charge in [-0.25, -0.2) is 4.68 Å². The highest BCUT2D eigenvalue weighted by Gasteiger charge is 2.43. The lowest BCUT2D eigenvalue weighted by Crippen LogP contribution is -2.37. The van der Waals surface area contributed by atoms with Crippen molar-refractivity contribution >= 4 is 43.5 Å². The third kappa shape index (κ3) is 3.33. The summed E-state index contributed by atoms with van der Waals surface area (Å²) in [5.41, 5.74) is 6.77. The third-order valence-corrected chi connectivity index (χ3v) is 7.34. The summed E-state index contributed by atoms with van der Waals surface area (Å²) >= 11 is 7.14. The highest BCUT2D eigenvalue weighted by atomic mass is 79.9. The zero-order valence-electron chi connectivity index (χ0n) is 18.0. The summed E-state index contributed by atoms with van der Waals surface area (Å²) < 4.78 is 10.8. The van der Waals surface area contributed by atoms with E-state index in [-0.39, 0.29) is 12.1 Å². The number of benzene rings is 3. The molecule has 7 heteroatoms. The van der Waals surface area contributed by atoms with E-state index in [1.54, 1.807) is 6.33 Å². The van der Waals surface area contributed by atoms with Gasteiger partial charge < -0.3 is 9.64 Å². The molecule has 0 aliphatic carbocycles. The number of fused-ring (bicyclic) bond motifs is 3. The van der Waals surface area contributed by atoms with Crippen molar-refractivity contribution in [2.75, 3.05) is 11.9 Å². The van der Waals surface area contributed by atoms with Crippen molar-refractivity contribution in [1.82, 2.24) is 14.8 Å². The Morgan fingerprint density at radius 1 is 0.879 bits per heavy atom. The van der Waals surface area contributed by atoms with Gasteiger partial charge in [0.2, 0.25) is 5.95 Å². The summed E-state index contributed by atoms with van der Waals surface area (Å²) in [5, 5.41) is 4.65. The van der Waals surface area contributed by atoms with Crippen molar-refractivity contribution in [3.8, 4) is 5.75 Å². The van der Waals surface area contributed by atoms with Gasteiger partial charge in [-0.15, -0.1) is 0 Å². The monoisotopic (exact) mass is 562 g/mol. The molecular formula is C26H20Br2N4O. The highest BCUT2D eigenvalue weighted by molar-refractivity contribution is 9.10. The van der Waals surface area contributed by atoms with Crippen LogP contribution in [0.3, 0.4) is 0 Å². The van der Waals surface area contributed by atoms with E-state index in [4.69, 9.17) is 4.74 Å². The first kappa shape index (κ1) is 20.7. The fourth-order valence-electron chi connectivity index (χ4n) is 4.80. The molecule has 6 rings (SSSR count). The van der Waals surface area contributed by atoms with Crippen LogP contribution in [-0.2, 0) is 0 Å². The number of anilines is 1. The maximum Gasteiger partial charge on any atom is 0.229 e. The maximum absolute atomic E-state index is 6.73. The van der Waals surface area contributed by atoms with E-state index in [9.17, 15) is 0 Å². The first-order chi connectivity index (χ1) is 16.0. The Labute approximate surface area is 209 Å². The number of aromatic nitrogens is 3. The molecule has 5 nitrogen and oxygen atoms in total. The predicted molar refractivity (Wildman–Crippen MR) is 136 cm³/mol. The standard InChI is InChI=1S/C26H20Br2N4O/c1-15-3-12-21-20(13-15)24-22(25(33-21)17-6-10-19(28)11-7-17)23(16-4-8-18(27)9-5-16)32-26(31(24)2)29-14-30-32/h3-14,23,25H,1-2H3/t23-,25+/m0/s1. The second-order valence-corrected chi connectivity index (χ2v) is 10.2. The van der Waals surface area contributed by atoms with Gasteiger partial charge in [-0.2, -0.15) is 10.1 Å². The number of hydrogen-bond donors (Lipinski definition) is 0. The second-order valence-electron chi connectivity index (χ2n) is 8.37. The number of rotatable bonds is 2. The molecule has 2 atom stereocenters. The van der Waals surface area contributed by atoms with E-state index in [1.165, 1.54) is 5.56 Å². The Balaban J connectivity index is 1.66. The molecule has 0 saturated carbocycles. The molecule has 1 aromatic heterocycles. The van der Waals surface area contributed by atoms with Crippen molar-refractivity contribution in [2.24, 2.45) is 0 Å². The quantitative estimate of drug-likeness (QED) is 0.272. The van der Waals surface area contributed by atoms with E-state index in [1.807, 2.05) is 4.68 Å². The first-order valence-electron chi connectivity index (χ1n) is 10.7. The summed E-state index contributed by atoms with van der Waals surface area (Å²) in [6, 6.07) is 23.0. The smallest absolute Gasteiger partial charge is 0.229 e. The lowest BCUT2D eigenvalue weighted by atomic mass is 9.84. The van der Waals surface area contributed by atoms with Gasteiger partial charge in [-0.3, -0.25) is 0 Å². The van der Waals surface area contributed by atoms with Crippen molar-refractivity contribution in [3.05, 3.63) is 110 Å². The van der Waals surface area contributed by atoms with E-state index in [0.717, 1.165) is 48.6 Å². The van der Waals surface area contributed by atoms with Gasteiger partial charge in [0.1, 0.15) is 24.2 Å². The summed E-state index contributed by atoms with van der Waals surface area (Å²) in [4.78, 5) is 6.76. The summed E-state index contributed by atoms with van der Waals surface area (Å²) in [6.07, 6.45) is 1.36. The maximum atomic E-state index is 6.73. The highest BCUT2D eigenvalue weighted by Crippen LogP contribution is 2.52. The molecule has 2 aliphatic rings. The van der Waals surface area contributed by atoms with Gasteiger partial charge in [0.25, 0.3) is 0 Å². The largest absolute Gasteiger partial charge is 0.480 e. The molecule has 0 radical (unpaired) electrons. The molecule has 164 valence electrons. The molecular weight excluding hydrogens is 544 g/mol. The van der Waals surface area contributed by atoms with Crippen LogP contribution in [0.5, 0.6) is 5.75 Å². The molecule has 0 amide bonds. The molecule has 3 heterocycles. The number of nitrogens with zero attached hydrogens (tertiary/aromatic N) is 4. The van der Waals surface area contributed by atoms with E-state index in [0.29, 0.717) is 0 Å². The van der Waals surface area contributed by atoms with E-state index >= 15 is 0 Å². The van der Waals surface area contributed by atoms with Crippen LogP contribution >= 0.6 is 31.9 Å². The Morgan fingerprint density at radius 3 is 2.24 bits per heavy atom. The van der Waals surface area contributed by atoms with Gasteiger partial charge in [0.05, 0.1) is 5.70 Å². The number of aryl methyl sites for hydroxylation is 1. The molecule has 0 saturated heterocycles. The van der Waals surface area contributed by atoms with Crippen LogP contribution in [0.1, 0.15) is 34.4 Å². The first-order valence-corrected chi connectivity index (χ1v) is 12.3. The van der Waals surface area contributed by atoms with Crippen molar-refractivity contribution in [2.45, 2.75) is 19.1 Å². The molecule has 3 aromatic carbocycles. The molecule has 0 N–H and O–H groups in total. The second kappa shape index (κ2) is 7.85. The Kier molecular flexibility index (Phi) is 4.92. The Morgan fingerprint density at radius 2 is 1.55 bits per heavy atom. The number of halogens is 2. The summed E-state index contributed by atoms with van der Waals surface area (Å²) in [5.74, 6) is 1.69. The van der Waals surface area contributed by atoms with Crippen LogP contribution in [-0.4, -0.2) is 21.8 Å². The van der Waals surface area contributed by atoms with Gasteiger partial charge in [-0.05, 0) is 54.4 Å². The molecule has 0 fully saturated rings. The lowest BCUT2D eigenvalue weighted by Gasteiger charge is -2.42. The molecule has 2 aliphatic heterocycles. The van der Waals surface area contributed by atoms with Crippen LogP contribution in [0.25, 0.3) is 5.70 Å². The van der Waals surface area contributed by atoms with E-state index < -0.39 is 0 Å². The zero-order valence-corrected chi connectivity index (χ0v) is 21.2. The average molecular weight is 564 g/mol. The topological polar surface area (TPSA) is 43.2 Å². The number of hydrogen-bond acceptors (Lipinski definition) is 4. The van der Waals surface area contributed by atoms with Gasteiger partial charge in [0.15, 0.2) is 0 Å². The van der Waals surface area contributed by atoms with Gasteiger partial charge in [-0.1, -0.05) is 67.8 Å². The summed E-state index contributed by atoms with van der Waals surface area (Å²) in [6.45, 7) is 2.11. The van der Waals surface area contributed by atoms with Gasteiger partial charge >= 0.3 is 0 Å². The van der Waals surface area contributed by atoms with Crippen molar-refractivity contribution in [1.29, 1.82) is 0 Å². The molecule has 33 heavy (non-hydrogen) atoms. The summed E-state index contributed by atoms with van der Waals surface area (Å²) in [7, 11) is 2.06. The lowest BCUT2D eigenvalue weighted by molar-refractivity contribution is 0.222. The van der Waals surface area contributed by atoms with Crippen LogP contribution in [0.15, 0.2) is 87.6 Å². The molecule has 0 bridgehead atoms. The van der Waals surface area contributed by atoms with Crippen LogP contribution in [0.2, 0.25) is 0 Å². The van der Waals surface area contributed by atoms with E-state index in [2.05, 4.69) is 128 Å². The fourth-order valence-corrected chi connectivity index (χ4v) is 5.33. The van der Waals surface area contributed by atoms with Crippen LogP contribution < -0.4 is 9.64 Å². The van der Waals surface area contributed by atoms with Crippen LogP contribution in [0, 0.1) is 6.92 Å². The predicted octanol–water partition coefficient (Wildman–Crippen LogP) is 6.70. The minimum Gasteiger partial charge on any atom is -0.480 e. The molecule has 0 spiro atoms. The SMILES string of the molecule is Cc1ccc2c(c1)C1=C([C@H](c3ccc(Br)cc3)n3ncnc3N1C)[C@@H](c1ccc(Br)cc1)O2. The fraction of sp³-hybridized carbons (Fsp3) is 0.154. The zero-order chi connectivity index (χ0) is 22.7. The molecule has 0 unspecified atom stereocenters. The third-order valence-electron chi connectivity index (χ3n) is 6.28. The molecule has 4 aromatic rings. The van der Waals surface area contributed by atoms with Crippen molar-refractivity contribution in [3.63, 3.8) is 0 Å². The minimum atomic E-state index is -0.267. The van der Waals surface area contributed by atoms with Crippen molar-refractivity contribution < 1.29 is 4.74 Å². The Hall–Kier alpha value is -2.90. The average Bonchev–Trinajstić information content (AvgIpc) is 3.30. The van der Waals surface area contributed by atoms with Gasteiger partial charge in [0, 0.05) is 27.1 Å². The normalized spacial score (nSPS) is 19.0. The Bertz CT molecular complexity index is 1390. The minimum absolute atomic E-state index is 0.149. The number of ether oxygens (including phenoxy) is 1. The van der Waals surface area contributed by atoms with Crippen LogP contribution in [0.4, 0.5) is 5.95 Å².